The Bertz CT molecular complexity index is 996. The predicted molar refractivity (Wildman–Crippen MR) is 129 cm³/mol. The fraction of sp³-hybridized carbons (Fsp3) is 0.630. The Morgan fingerprint density at radius 1 is 1.18 bits per heavy atom. The lowest BCUT2D eigenvalue weighted by Gasteiger charge is -2.40. The molecule has 0 spiro atoms. The molecule has 3 aliphatic rings. The lowest BCUT2D eigenvalue weighted by atomic mass is 9.68. The third kappa shape index (κ3) is 4.65. The van der Waals surface area contributed by atoms with E-state index in [1.165, 1.54) is 11.8 Å². The van der Waals surface area contributed by atoms with Crippen molar-refractivity contribution >= 4 is 5.97 Å². The van der Waals surface area contributed by atoms with Crippen molar-refractivity contribution in [3.8, 4) is 0 Å². The number of aliphatic carboxylic acids is 1. The summed E-state index contributed by atoms with van der Waals surface area (Å²) in [6, 6.07) is 9.19. The normalized spacial score (nSPS) is 25.9. The number of carboxylic acid groups (broad SMARTS) is 1. The SMILES string of the molecule is CCn1nccc1C1CCN(C[C@H]2CN(CC3(C(=O)O)CCC3)C[C@@H]2c2cccc(F)c2)CC1. The zero-order valence-electron chi connectivity index (χ0n) is 20.2. The van der Waals surface area contributed by atoms with Crippen molar-refractivity contribution in [2.24, 2.45) is 11.3 Å². The van der Waals surface area contributed by atoms with Gasteiger partial charge in [-0.15, -0.1) is 0 Å². The van der Waals surface area contributed by atoms with E-state index < -0.39 is 11.4 Å². The van der Waals surface area contributed by atoms with Crippen LogP contribution in [0.3, 0.4) is 0 Å². The molecule has 0 bridgehead atoms. The van der Waals surface area contributed by atoms with E-state index in [9.17, 15) is 14.3 Å². The topological polar surface area (TPSA) is 61.6 Å². The quantitative estimate of drug-likeness (QED) is 0.630. The zero-order chi connectivity index (χ0) is 23.7. The van der Waals surface area contributed by atoms with Crippen LogP contribution in [0.15, 0.2) is 36.5 Å². The number of piperidine rings is 1. The number of rotatable bonds is 8. The van der Waals surface area contributed by atoms with E-state index in [0.717, 1.165) is 76.9 Å². The number of nitrogens with zero attached hydrogens (tertiary/aromatic N) is 4. The molecule has 1 saturated carbocycles. The van der Waals surface area contributed by atoms with Gasteiger partial charge in [0.05, 0.1) is 5.41 Å². The number of carboxylic acids is 1. The van der Waals surface area contributed by atoms with Crippen LogP contribution in [0.4, 0.5) is 4.39 Å². The van der Waals surface area contributed by atoms with Gasteiger partial charge in [0.2, 0.25) is 0 Å². The van der Waals surface area contributed by atoms with Gasteiger partial charge >= 0.3 is 5.97 Å². The Balaban J connectivity index is 1.26. The third-order valence-corrected chi connectivity index (χ3v) is 8.63. The summed E-state index contributed by atoms with van der Waals surface area (Å²) in [4.78, 5) is 16.9. The number of benzene rings is 1. The summed E-state index contributed by atoms with van der Waals surface area (Å²) in [6.45, 7) is 8.48. The molecule has 0 unspecified atom stereocenters. The summed E-state index contributed by atoms with van der Waals surface area (Å²) >= 11 is 0. The Labute approximate surface area is 201 Å². The first-order valence-corrected chi connectivity index (χ1v) is 12.9. The minimum atomic E-state index is -0.655. The molecule has 1 N–H and O–H groups in total. The maximum atomic E-state index is 14.1. The smallest absolute Gasteiger partial charge is 0.310 e. The van der Waals surface area contributed by atoms with Gasteiger partial charge in [0.15, 0.2) is 0 Å². The first-order valence-electron chi connectivity index (χ1n) is 12.9. The van der Waals surface area contributed by atoms with E-state index in [0.29, 0.717) is 18.4 Å². The Morgan fingerprint density at radius 3 is 2.62 bits per heavy atom. The van der Waals surface area contributed by atoms with Crippen molar-refractivity contribution < 1.29 is 14.3 Å². The number of aryl methyl sites for hydroxylation is 1. The van der Waals surface area contributed by atoms with Gasteiger partial charge in [-0.3, -0.25) is 9.48 Å². The highest BCUT2D eigenvalue weighted by atomic mass is 19.1. The van der Waals surface area contributed by atoms with Gasteiger partial charge in [-0.1, -0.05) is 18.6 Å². The molecule has 34 heavy (non-hydrogen) atoms. The summed E-state index contributed by atoms with van der Waals surface area (Å²) in [5.41, 5.74) is 1.82. The second-order valence-corrected chi connectivity index (χ2v) is 10.7. The van der Waals surface area contributed by atoms with E-state index in [1.54, 1.807) is 12.1 Å². The van der Waals surface area contributed by atoms with Gasteiger partial charge in [0.1, 0.15) is 5.82 Å². The third-order valence-electron chi connectivity index (χ3n) is 8.63. The Morgan fingerprint density at radius 2 is 1.97 bits per heavy atom. The van der Waals surface area contributed by atoms with Crippen molar-refractivity contribution in [2.75, 3.05) is 39.3 Å². The molecule has 184 valence electrons. The maximum Gasteiger partial charge on any atom is 0.310 e. The van der Waals surface area contributed by atoms with Gasteiger partial charge in [0, 0.05) is 56.5 Å². The zero-order valence-corrected chi connectivity index (χ0v) is 20.2. The average molecular weight is 469 g/mol. The molecule has 3 heterocycles. The van der Waals surface area contributed by atoms with Crippen LogP contribution in [-0.4, -0.2) is 69.9 Å². The molecule has 1 aliphatic carbocycles. The highest BCUT2D eigenvalue weighted by Crippen LogP contribution is 2.44. The van der Waals surface area contributed by atoms with Crippen molar-refractivity contribution in [1.82, 2.24) is 19.6 Å². The van der Waals surface area contributed by atoms with Crippen LogP contribution in [0.5, 0.6) is 0 Å². The highest BCUT2D eigenvalue weighted by Gasteiger charge is 2.47. The van der Waals surface area contributed by atoms with E-state index in [2.05, 4.69) is 32.6 Å². The summed E-state index contributed by atoms with van der Waals surface area (Å²) in [7, 11) is 0. The summed E-state index contributed by atoms with van der Waals surface area (Å²) in [5, 5.41) is 14.3. The van der Waals surface area contributed by atoms with Gasteiger partial charge in [0.25, 0.3) is 0 Å². The monoisotopic (exact) mass is 468 g/mol. The molecule has 2 atom stereocenters. The molecule has 7 heteroatoms. The molecule has 0 amide bonds. The molecule has 1 aromatic heterocycles. The first kappa shape index (κ1) is 23.5. The van der Waals surface area contributed by atoms with E-state index in [4.69, 9.17) is 0 Å². The minimum Gasteiger partial charge on any atom is -0.481 e. The molecule has 3 fully saturated rings. The van der Waals surface area contributed by atoms with Crippen molar-refractivity contribution in [1.29, 1.82) is 0 Å². The van der Waals surface area contributed by atoms with Crippen LogP contribution in [0.25, 0.3) is 0 Å². The van der Waals surface area contributed by atoms with Crippen LogP contribution in [0, 0.1) is 17.2 Å². The summed E-state index contributed by atoms with van der Waals surface area (Å²) < 4.78 is 16.2. The molecule has 2 aromatic rings. The Hall–Kier alpha value is -2.25. The number of aromatic nitrogens is 2. The number of likely N-dealkylation sites (tertiary alicyclic amines) is 2. The molecular weight excluding hydrogens is 431 g/mol. The average Bonchev–Trinajstić information content (AvgIpc) is 3.43. The molecule has 1 aromatic carbocycles. The molecule has 6 nitrogen and oxygen atoms in total. The largest absolute Gasteiger partial charge is 0.481 e. The predicted octanol–water partition coefficient (Wildman–Crippen LogP) is 4.19. The second kappa shape index (κ2) is 9.78. The number of halogens is 1. The fourth-order valence-electron chi connectivity index (χ4n) is 6.56. The van der Waals surface area contributed by atoms with Crippen LogP contribution < -0.4 is 0 Å². The standard InChI is InChI=1S/C27H37FN4O2/c1-2-32-25(7-12-29-32)20-8-13-30(14-9-20)16-22-17-31(19-27(26(33)34)10-4-11-27)18-24(22)21-5-3-6-23(28)15-21/h3,5-7,12,15,20,22,24H,2,4,8-11,13-14,16-19H2,1H3,(H,33,34)/t22-,24+/m0/s1. The molecule has 5 rings (SSSR count). The fourth-order valence-corrected chi connectivity index (χ4v) is 6.56. The van der Waals surface area contributed by atoms with E-state index >= 15 is 0 Å². The second-order valence-electron chi connectivity index (χ2n) is 10.7. The highest BCUT2D eigenvalue weighted by molar-refractivity contribution is 5.76. The lowest BCUT2D eigenvalue weighted by Crippen LogP contribution is -2.47. The van der Waals surface area contributed by atoms with Crippen LogP contribution in [-0.2, 0) is 11.3 Å². The van der Waals surface area contributed by atoms with Crippen LogP contribution in [0.1, 0.15) is 62.1 Å². The lowest BCUT2D eigenvalue weighted by molar-refractivity contribution is -0.156. The maximum absolute atomic E-state index is 14.1. The van der Waals surface area contributed by atoms with Crippen molar-refractivity contribution in [3.05, 3.63) is 53.6 Å². The molecular formula is C27H37FN4O2. The van der Waals surface area contributed by atoms with E-state index in [1.807, 2.05) is 12.3 Å². The van der Waals surface area contributed by atoms with Crippen LogP contribution in [0.2, 0.25) is 0 Å². The molecule has 2 aliphatic heterocycles. The molecule has 0 radical (unpaired) electrons. The van der Waals surface area contributed by atoms with Gasteiger partial charge in [-0.05, 0) is 75.4 Å². The van der Waals surface area contributed by atoms with Crippen molar-refractivity contribution in [3.63, 3.8) is 0 Å². The van der Waals surface area contributed by atoms with Crippen LogP contribution >= 0.6 is 0 Å². The number of carbonyl (C=O) groups is 1. The summed E-state index contributed by atoms with van der Waals surface area (Å²) in [6.07, 6.45) is 6.73. The van der Waals surface area contributed by atoms with Gasteiger partial charge in [-0.2, -0.15) is 5.10 Å². The minimum absolute atomic E-state index is 0.191. The van der Waals surface area contributed by atoms with Gasteiger partial charge in [-0.25, -0.2) is 4.39 Å². The number of hydrogen-bond acceptors (Lipinski definition) is 4. The number of hydrogen-bond donors (Lipinski definition) is 1. The Kier molecular flexibility index (Phi) is 6.76. The first-order chi connectivity index (χ1) is 16.5. The van der Waals surface area contributed by atoms with Gasteiger partial charge < -0.3 is 14.9 Å². The summed E-state index contributed by atoms with van der Waals surface area (Å²) in [5.74, 6) is 0.333. The van der Waals surface area contributed by atoms with Crippen molar-refractivity contribution in [2.45, 2.75) is 57.4 Å². The molecule has 2 saturated heterocycles. The van der Waals surface area contributed by atoms with E-state index in [-0.39, 0.29) is 11.7 Å².